The number of benzene rings is 1. The fraction of sp³-hybridized carbons (Fsp3) is 0.100. The highest BCUT2D eigenvalue weighted by Gasteiger charge is 2.11. The summed E-state index contributed by atoms with van der Waals surface area (Å²) in [7, 11) is -3.73. The molecule has 1 aromatic heterocycles. The van der Waals surface area contributed by atoms with Crippen LogP contribution in [0.1, 0.15) is 5.56 Å². The Kier molecular flexibility index (Phi) is 2.64. The lowest BCUT2D eigenvalue weighted by Crippen LogP contribution is -2.13. The lowest BCUT2D eigenvalue weighted by Gasteiger charge is -2.07. The number of sulfonamides is 1. The van der Waals surface area contributed by atoms with Crippen molar-refractivity contribution >= 4 is 15.7 Å². The van der Waals surface area contributed by atoms with Gasteiger partial charge >= 0.3 is 0 Å². The molecule has 2 aromatic rings. The molecular formula is C10H12N4O2S. The maximum atomic E-state index is 11.1. The van der Waals surface area contributed by atoms with Gasteiger partial charge in [-0.25, -0.2) is 18.2 Å². The predicted octanol–water partition coefficient (Wildman–Crippen LogP) is 0.410. The summed E-state index contributed by atoms with van der Waals surface area (Å²) in [5.41, 5.74) is 7.69. The van der Waals surface area contributed by atoms with E-state index in [1.165, 1.54) is 12.1 Å². The smallest absolute Gasteiger partial charge is 0.238 e. The van der Waals surface area contributed by atoms with Crippen LogP contribution in [0.5, 0.6) is 0 Å². The number of aromatic nitrogens is 2. The molecule has 0 saturated heterocycles. The number of primary sulfonamides is 1. The molecule has 1 heterocycles. The molecular weight excluding hydrogens is 240 g/mol. The Morgan fingerprint density at radius 2 is 2.06 bits per heavy atom. The Morgan fingerprint density at radius 3 is 2.53 bits per heavy atom. The van der Waals surface area contributed by atoms with Gasteiger partial charge in [-0.15, -0.1) is 0 Å². The third-order valence-electron chi connectivity index (χ3n) is 2.29. The first-order chi connectivity index (χ1) is 7.88. The van der Waals surface area contributed by atoms with Crippen LogP contribution in [0.4, 0.5) is 5.69 Å². The zero-order chi connectivity index (χ0) is 12.6. The van der Waals surface area contributed by atoms with Crippen LogP contribution < -0.4 is 10.9 Å². The largest absolute Gasteiger partial charge is 0.397 e. The molecule has 0 unspecified atom stereocenters. The summed E-state index contributed by atoms with van der Waals surface area (Å²) in [6.45, 7) is 1.90. The summed E-state index contributed by atoms with van der Waals surface area (Å²) in [5, 5.41) is 9.11. The monoisotopic (exact) mass is 252 g/mol. The molecule has 0 aliphatic heterocycles. The van der Waals surface area contributed by atoms with Crippen molar-refractivity contribution in [1.29, 1.82) is 0 Å². The zero-order valence-electron chi connectivity index (χ0n) is 9.16. The summed E-state index contributed by atoms with van der Waals surface area (Å²) in [4.78, 5) is -0.0115. The van der Waals surface area contributed by atoms with Gasteiger partial charge in [-0.05, 0) is 30.7 Å². The third-order valence-corrected chi connectivity index (χ3v) is 3.20. The minimum absolute atomic E-state index is 0.0115. The molecule has 0 aliphatic rings. The molecule has 0 atom stereocenters. The number of hydrogen-bond acceptors (Lipinski definition) is 4. The second-order valence-corrected chi connectivity index (χ2v) is 5.29. The molecule has 0 amide bonds. The summed E-state index contributed by atoms with van der Waals surface area (Å²) < 4.78 is 23.9. The molecule has 1 aromatic carbocycles. The minimum atomic E-state index is -3.73. The molecule has 4 N–H and O–H groups in total. The van der Waals surface area contributed by atoms with E-state index in [1.54, 1.807) is 23.1 Å². The van der Waals surface area contributed by atoms with Crippen LogP contribution in [0.2, 0.25) is 0 Å². The van der Waals surface area contributed by atoms with Crippen molar-refractivity contribution in [3.05, 3.63) is 36.2 Å². The van der Waals surface area contributed by atoms with Gasteiger partial charge in [0, 0.05) is 6.20 Å². The van der Waals surface area contributed by atoms with Crippen LogP contribution >= 0.6 is 0 Å². The number of nitrogens with two attached hydrogens (primary N) is 2. The maximum absolute atomic E-state index is 11.1. The van der Waals surface area contributed by atoms with E-state index >= 15 is 0 Å². The van der Waals surface area contributed by atoms with Crippen LogP contribution in [0.3, 0.4) is 0 Å². The van der Waals surface area contributed by atoms with E-state index in [9.17, 15) is 8.42 Å². The van der Waals surface area contributed by atoms with Crippen LogP contribution in [-0.2, 0) is 10.0 Å². The molecule has 0 spiro atoms. The molecule has 0 radical (unpaired) electrons. The van der Waals surface area contributed by atoms with Gasteiger partial charge in [0.25, 0.3) is 0 Å². The van der Waals surface area contributed by atoms with Gasteiger partial charge in [0.1, 0.15) is 0 Å². The number of nitrogens with zero attached hydrogens (tertiary/aromatic N) is 2. The molecule has 6 nitrogen and oxygen atoms in total. The molecule has 0 fully saturated rings. The normalized spacial score (nSPS) is 11.6. The van der Waals surface area contributed by atoms with E-state index in [2.05, 4.69) is 5.10 Å². The molecule has 0 bridgehead atoms. The first-order valence-corrected chi connectivity index (χ1v) is 6.36. The maximum Gasteiger partial charge on any atom is 0.238 e. The molecule has 7 heteroatoms. The lowest BCUT2D eigenvalue weighted by molar-refractivity contribution is 0.598. The van der Waals surface area contributed by atoms with Crippen molar-refractivity contribution in [3.8, 4) is 5.69 Å². The highest BCUT2D eigenvalue weighted by molar-refractivity contribution is 7.89. The highest BCUT2D eigenvalue weighted by atomic mass is 32.2. The number of anilines is 1. The van der Waals surface area contributed by atoms with Crippen LogP contribution in [-0.4, -0.2) is 18.2 Å². The van der Waals surface area contributed by atoms with E-state index in [0.29, 0.717) is 11.4 Å². The summed E-state index contributed by atoms with van der Waals surface area (Å²) >= 11 is 0. The van der Waals surface area contributed by atoms with Gasteiger partial charge < -0.3 is 5.73 Å². The van der Waals surface area contributed by atoms with Crippen molar-refractivity contribution in [2.45, 2.75) is 11.8 Å². The second-order valence-electron chi connectivity index (χ2n) is 3.73. The van der Waals surface area contributed by atoms with Gasteiger partial charge in [-0.1, -0.05) is 0 Å². The fourth-order valence-corrected chi connectivity index (χ4v) is 2.01. The van der Waals surface area contributed by atoms with Gasteiger partial charge in [0.15, 0.2) is 0 Å². The van der Waals surface area contributed by atoms with E-state index in [1.807, 2.05) is 6.92 Å². The first-order valence-electron chi connectivity index (χ1n) is 4.82. The average molecular weight is 252 g/mol. The number of aryl methyl sites for hydroxylation is 1. The predicted molar refractivity (Wildman–Crippen MR) is 64.1 cm³/mol. The number of nitrogen functional groups attached to an aromatic ring is 1. The van der Waals surface area contributed by atoms with E-state index < -0.39 is 10.0 Å². The van der Waals surface area contributed by atoms with Gasteiger partial charge in [0.2, 0.25) is 10.0 Å². The Labute approximate surface area is 98.9 Å². The highest BCUT2D eigenvalue weighted by Crippen LogP contribution is 2.20. The Bertz CT molecular complexity index is 661. The summed E-state index contributed by atoms with van der Waals surface area (Å²) in [6, 6.07) is 4.29. The molecule has 0 saturated carbocycles. The molecule has 2 rings (SSSR count). The molecule has 90 valence electrons. The van der Waals surface area contributed by atoms with E-state index in [0.717, 1.165) is 5.56 Å². The zero-order valence-corrected chi connectivity index (χ0v) is 9.98. The van der Waals surface area contributed by atoms with Gasteiger partial charge in [-0.3, -0.25) is 0 Å². The van der Waals surface area contributed by atoms with Crippen molar-refractivity contribution in [1.82, 2.24) is 9.78 Å². The van der Waals surface area contributed by atoms with E-state index in [4.69, 9.17) is 10.9 Å². The van der Waals surface area contributed by atoms with Crippen LogP contribution in [0.15, 0.2) is 35.5 Å². The quantitative estimate of drug-likeness (QED) is 0.755. The Balaban J connectivity index is 2.53. The van der Waals surface area contributed by atoms with Gasteiger partial charge in [0.05, 0.1) is 22.5 Å². The fourth-order valence-electron chi connectivity index (χ4n) is 1.46. The summed E-state index contributed by atoms with van der Waals surface area (Å²) in [5.74, 6) is 0. The second kappa shape index (κ2) is 3.86. The summed E-state index contributed by atoms with van der Waals surface area (Å²) in [6.07, 6.45) is 3.48. The third kappa shape index (κ3) is 2.29. The molecule has 0 aliphatic carbocycles. The first kappa shape index (κ1) is 11.6. The number of hydrogen-bond donors (Lipinski definition) is 2. The van der Waals surface area contributed by atoms with Crippen molar-refractivity contribution < 1.29 is 8.42 Å². The average Bonchev–Trinajstić information content (AvgIpc) is 2.63. The van der Waals surface area contributed by atoms with Crippen LogP contribution in [0, 0.1) is 6.92 Å². The van der Waals surface area contributed by atoms with Crippen LogP contribution in [0.25, 0.3) is 5.69 Å². The SMILES string of the molecule is Cc1cnn(-c2ccc(S(N)(=O)=O)cc2N)c1. The lowest BCUT2D eigenvalue weighted by atomic mass is 10.3. The molecule has 17 heavy (non-hydrogen) atoms. The Hall–Kier alpha value is -1.86. The van der Waals surface area contributed by atoms with Crippen molar-refractivity contribution in [2.24, 2.45) is 5.14 Å². The minimum Gasteiger partial charge on any atom is -0.397 e. The van der Waals surface area contributed by atoms with Crippen molar-refractivity contribution in [3.63, 3.8) is 0 Å². The topological polar surface area (TPSA) is 104 Å². The Morgan fingerprint density at radius 1 is 1.35 bits per heavy atom. The van der Waals surface area contributed by atoms with E-state index in [-0.39, 0.29) is 4.90 Å². The van der Waals surface area contributed by atoms with Gasteiger partial charge in [-0.2, -0.15) is 5.10 Å². The standard InChI is InChI=1S/C10H12N4O2S/c1-7-5-13-14(6-7)10-3-2-8(4-9(10)11)17(12,15)16/h2-6H,11H2,1H3,(H2,12,15,16). The number of rotatable bonds is 2. The van der Waals surface area contributed by atoms with Crippen molar-refractivity contribution in [2.75, 3.05) is 5.73 Å².